The summed E-state index contributed by atoms with van der Waals surface area (Å²) in [5, 5.41) is 7.03. The molecule has 27 heavy (non-hydrogen) atoms. The monoisotopic (exact) mass is 371 g/mol. The van der Waals surface area contributed by atoms with E-state index in [0.717, 1.165) is 25.0 Å². The lowest BCUT2D eigenvalue weighted by molar-refractivity contribution is 0.195. The lowest BCUT2D eigenvalue weighted by Gasteiger charge is -2.30. The molecule has 1 atom stereocenters. The molecule has 1 aromatic carbocycles. The number of hydrogen-bond acceptors (Lipinski definition) is 3. The van der Waals surface area contributed by atoms with E-state index in [2.05, 4.69) is 63.5 Å². The van der Waals surface area contributed by atoms with Crippen molar-refractivity contribution in [2.45, 2.75) is 45.6 Å². The number of hydrogen-bond donors (Lipinski definition) is 2. The van der Waals surface area contributed by atoms with Crippen LogP contribution in [0.2, 0.25) is 0 Å². The van der Waals surface area contributed by atoms with Gasteiger partial charge in [-0.05, 0) is 69.3 Å². The summed E-state index contributed by atoms with van der Waals surface area (Å²) in [6, 6.07) is 9.17. The first kappa shape index (κ1) is 20.0. The zero-order chi connectivity index (χ0) is 19.1. The maximum Gasteiger partial charge on any atom is 0.191 e. The Morgan fingerprint density at radius 1 is 1.19 bits per heavy atom. The van der Waals surface area contributed by atoms with Crippen molar-refractivity contribution >= 4 is 11.6 Å². The van der Waals surface area contributed by atoms with E-state index >= 15 is 0 Å². The summed E-state index contributed by atoms with van der Waals surface area (Å²) in [5.41, 5.74) is 2.66. The van der Waals surface area contributed by atoms with Gasteiger partial charge in [-0.2, -0.15) is 0 Å². The van der Waals surface area contributed by atoms with Gasteiger partial charge < -0.3 is 20.4 Å². The second-order valence-corrected chi connectivity index (χ2v) is 8.18. The molecule has 2 heterocycles. The van der Waals surface area contributed by atoms with Crippen LogP contribution in [-0.2, 0) is 0 Å². The van der Waals surface area contributed by atoms with E-state index in [1.807, 2.05) is 7.05 Å². The van der Waals surface area contributed by atoms with Gasteiger partial charge in [-0.3, -0.25) is 4.99 Å². The van der Waals surface area contributed by atoms with Crippen LogP contribution in [0.4, 0.5) is 5.69 Å². The molecular weight excluding hydrogens is 334 g/mol. The third-order valence-electron chi connectivity index (χ3n) is 6.01. The van der Waals surface area contributed by atoms with Crippen molar-refractivity contribution in [1.82, 2.24) is 15.5 Å². The molecule has 2 aliphatic heterocycles. The Hall–Kier alpha value is -1.75. The zero-order valence-corrected chi connectivity index (χ0v) is 17.4. The summed E-state index contributed by atoms with van der Waals surface area (Å²) in [7, 11) is 1.85. The first-order chi connectivity index (χ1) is 13.2. The number of aliphatic imine (C=N–C) groups is 1. The Morgan fingerprint density at radius 2 is 1.93 bits per heavy atom. The summed E-state index contributed by atoms with van der Waals surface area (Å²) >= 11 is 0. The predicted octanol–water partition coefficient (Wildman–Crippen LogP) is 3.24. The minimum Gasteiger partial charge on any atom is -0.372 e. The fraction of sp³-hybridized carbons (Fsp3) is 0.682. The summed E-state index contributed by atoms with van der Waals surface area (Å²) < 4.78 is 0. The highest BCUT2D eigenvalue weighted by Crippen LogP contribution is 2.24. The van der Waals surface area contributed by atoms with Crippen molar-refractivity contribution in [1.29, 1.82) is 0 Å². The summed E-state index contributed by atoms with van der Waals surface area (Å²) in [6.45, 7) is 11.4. The maximum atomic E-state index is 4.41. The third kappa shape index (κ3) is 5.86. The Morgan fingerprint density at radius 3 is 2.63 bits per heavy atom. The molecule has 1 unspecified atom stereocenters. The molecule has 0 radical (unpaired) electrons. The molecule has 0 amide bonds. The molecule has 150 valence electrons. The van der Waals surface area contributed by atoms with Gasteiger partial charge in [0.15, 0.2) is 5.96 Å². The van der Waals surface area contributed by atoms with Crippen LogP contribution < -0.4 is 15.5 Å². The summed E-state index contributed by atoms with van der Waals surface area (Å²) in [4.78, 5) is 9.46. The first-order valence-electron chi connectivity index (χ1n) is 10.7. The average molecular weight is 372 g/mol. The van der Waals surface area contributed by atoms with Crippen LogP contribution in [0, 0.1) is 5.92 Å². The molecule has 2 aliphatic rings. The summed E-state index contributed by atoms with van der Waals surface area (Å²) in [5.74, 6) is 1.78. The van der Waals surface area contributed by atoms with Crippen molar-refractivity contribution in [3.05, 3.63) is 29.8 Å². The fourth-order valence-corrected chi connectivity index (χ4v) is 4.07. The van der Waals surface area contributed by atoms with Gasteiger partial charge >= 0.3 is 0 Å². The highest BCUT2D eigenvalue weighted by Gasteiger charge is 2.16. The Balaban J connectivity index is 1.47. The maximum absolute atomic E-state index is 4.41. The topological polar surface area (TPSA) is 42.9 Å². The summed E-state index contributed by atoms with van der Waals surface area (Å²) in [6.07, 6.45) is 5.28. The smallest absolute Gasteiger partial charge is 0.191 e. The third-order valence-corrected chi connectivity index (χ3v) is 6.01. The lowest BCUT2D eigenvalue weighted by Crippen LogP contribution is -2.43. The number of anilines is 1. The van der Waals surface area contributed by atoms with Crippen molar-refractivity contribution in [3.8, 4) is 0 Å². The molecule has 2 saturated heterocycles. The number of nitrogens with one attached hydrogen (secondary N) is 2. The van der Waals surface area contributed by atoms with Gasteiger partial charge in [-0.25, -0.2) is 0 Å². The molecule has 0 aromatic heterocycles. The molecular formula is C22H37N5. The van der Waals surface area contributed by atoms with E-state index in [4.69, 9.17) is 0 Å². The molecule has 3 rings (SSSR count). The lowest BCUT2D eigenvalue weighted by atomic mass is 9.99. The van der Waals surface area contributed by atoms with Crippen molar-refractivity contribution in [2.24, 2.45) is 10.9 Å². The molecule has 0 saturated carbocycles. The van der Waals surface area contributed by atoms with Gasteiger partial charge in [-0.1, -0.05) is 19.1 Å². The Labute approximate surface area is 165 Å². The van der Waals surface area contributed by atoms with Crippen LogP contribution in [-0.4, -0.2) is 57.2 Å². The first-order valence-corrected chi connectivity index (χ1v) is 10.7. The highest BCUT2D eigenvalue weighted by atomic mass is 15.2. The van der Waals surface area contributed by atoms with Crippen LogP contribution in [0.3, 0.4) is 0 Å². The molecule has 0 spiro atoms. The number of guanidine groups is 1. The normalized spacial score (nSPS) is 20.7. The van der Waals surface area contributed by atoms with Gasteiger partial charge in [0.2, 0.25) is 0 Å². The Bertz CT molecular complexity index is 600. The highest BCUT2D eigenvalue weighted by molar-refractivity contribution is 5.80. The molecule has 2 N–H and O–H groups in total. The van der Waals surface area contributed by atoms with E-state index in [1.165, 1.54) is 63.1 Å². The van der Waals surface area contributed by atoms with E-state index in [-0.39, 0.29) is 6.04 Å². The largest absolute Gasteiger partial charge is 0.372 e. The van der Waals surface area contributed by atoms with E-state index in [0.29, 0.717) is 0 Å². The van der Waals surface area contributed by atoms with Gasteiger partial charge in [0.1, 0.15) is 0 Å². The number of rotatable bonds is 6. The van der Waals surface area contributed by atoms with Crippen LogP contribution >= 0.6 is 0 Å². The molecule has 2 fully saturated rings. The van der Waals surface area contributed by atoms with Crippen LogP contribution in [0.25, 0.3) is 0 Å². The molecule has 0 bridgehead atoms. The standard InChI is InChI=1S/C22H37N5/c1-18-9-14-26(15-10-18)16-11-24-22(23-3)25-19(2)20-7-6-8-21(17-20)27-12-4-5-13-27/h6-8,17-19H,4-5,9-16H2,1-3H3,(H2,23,24,25). The van der Waals surface area contributed by atoms with Crippen molar-refractivity contribution in [3.63, 3.8) is 0 Å². The van der Waals surface area contributed by atoms with Crippen molar-refractivity contribution < 1.29 is 0 Å². The second-order valence-electron chi connectivity index (χ2n) is 8.18. The van der Waals surface area contributed by atoms with Gasteiger partial charge in [-0.15, -0.1) is 0 Å². The average Bonchev–Trinajstić information content (AvgIpc) is 3.23. The van der Waals surface area contributed by atoms with Crippen LogP contribution in [0.5, 0.6) is 0 Å². The van der Waals surface area contributed by atoms with Gasteiger partial charge in [0, 0.05) is 38.9 Å². The minimum absolute atomic E-state index is 0.231. The van der Waals surface area contributed by atoms with Crippen LogP contribution in [0.1, 0.15) is 51.1 Å². The quantitative estimate of drug-likeness (QED) is 0.595. The molecule has 1 aromatic rings. The molecule has 5 nitrogen and oxygen atoms in total. The number of nitrogens with zero attached hydrogens (tertiary/aromatic N) is 3. The minimum atomic E-state index is 0.231. The molecule has 5 heteroatoms. The SMILES string of the molecule is CN=C(NCCN1CCC(C)CC1)NC(C)c1cccc(N2CCCC2)c1. The fourth-order valence-electron chi connectivity index (χ4n) is 4.07. The van der Waals surface area contributed by atoms with E-state index < -0.39 is 0 Å². The van der Waals surface area contributed by atoms with Gasteiger partial charge in [0.05, 0.1) is 6.04 Å². The Kier molecular flexibility index (Phi) is 7.39. The number of benzene rings is 1. The predicted molar refractivity (Wildman–Crippen MR) is 116 cm³/mol. The number of likely N-dealkylation sites (tertiary alicyclic amines) is 1. The van der Waals surface area contributed by atoms with Gasteiger partial charge in [0.25, 0.3) is 0 Å². The van der Waals surface area contributed by atoms with E-state index in [9.17, 15) is 0 Å². The number of piperidine rings is 1. The zero-order valence-electron chi connectivity index (χ0n) is 17.4. The second kappa shape index (κ2) is 9.98. The van der Waals surface area contributed by atoms with E-state index in [1.54, 1.807) is 0 Å². The van der Waals surface area contributed by atoms with Crippen molar-refractivity contribution in [2.75, 3.05) is 51.2 Å². The van der Waals surface area contributed by atoms with Crippen LogP contribution in [0.15, 0.2) is 29.3 Å². The molecule has 0 aliphatic carbocycles.